The van der Waals surface area contributed by atoms with Crippen LogP contribution in [0.2, 0.25) is 0 Å². The molecule has 0 aromatic heterocycles. The SMILES string of the molecule is CC(C)C(C)(O)C1CCOCC1. The van der Waals surface area contributed by atoms with Crippen molar-refractivity contribution < 1.29 is 9.84 Å². The van der Waals surface area contributed by atoms with Crippen molar-refractivity contribution in [1.82, 2.24) is 0 Å². The third kappa shape index (κ3) is 1.99. The molecule has 2 nitrogen and oxygen atoms in total. The van der Waals surface area contributed by atoms with Crippen LogP contribution in [0.4, 0.5) is 0 Å². The van der Waals surface area contributed by atoms with Crippen molar-refractivity contribution in [3.8, 4) is 0 Å². The highest BCUT2D eigenvalue weighted by Crippen LogP contribution is 2.32. The maximum atomic E-state index is 10.2. The zero-order valence-corrected chi connectivity index (χ0v) is 8.34. The fourth-order valence-electron chi connectivity index (χ4n) is 1.75. The maximum absolute atomic E-state index is 10.2. The van der Waals surface area contributed by atoms with Crippen LogP contribution in [0.3, 0.4) is 0 Å². The van der Waals surface area contributed by atoms with Crippen LogP contribution in [0.25, 0.3) is 0 Å². The quantitative estimate of drug-likeness (QED) is 0.688. The van der Waals surface area contributed by atoms with Gasteiger partial charge >= 0.3 is 0 Å². The van der Waals surface area contributed by atoms with E-state index < -0.39 is 5.60 Å². The normalized spacial score (nSPS) is 25.8. The van der Waals surface area contributed by atoms with Gasteiger partial charge in [0.2, 0.25) is 0 Å². The Labute approximate surface area is 74.9 Å². The van der Waals surface area contributed by atoms with E-state index in [9.17, 15) is 5.11 Å². The molecule has 1 N–H and O–H groups in total. The fraction of sp³-hybridized carbons (Fsp3) is 1.00. The first-order valence-electron chi connectivity index (χ1n) is 4.85. The molecule has 0 amide bonds. The lowest BCUT2D eigenvalue weighted by Crippen LogP contribution is -2.42. The predicted molar refractivity (Wildman–Crippen MR) is 49.0 cm³/mol. The van der Waals surface area contributed by atoms with Gasteiger partial charge in [0, 0.05) is 13.2 Å². The Balaban J connectivity index is 2.53. The Bertz CT molecular complexity index is 135. The van der Waals surface area contributed by atoms with Crippen molar-refractivity contribution in [2.24, 2.45) is 11.8 Å². The largest absolute Gasteiger partial charge is 0.390 e. The molecule has 1 aliphatic rings. The first kappa shape index (κ1) is 10.0. The molecule has 1 heterocycles. The Morgan fingerprint density at radius 2 is 1.83 bits per heavy atom. The van der Waals surface area contributed by atoms with Gasteiger partial charge in [-0.1, -0.05) is 13.8 Å². The van der Waals surface area contributed by atoms with Crippen LogP contribution in [0.5, 0.6) is 0 Å². The summed E-state index contributed by atoms with van der Waals surface area (Å²) in [5.74, 6) is 0.756. The Morgan fingerprint density at radius 3 is 2.25 bits per heavy atom. The molecule has 72 valence electrons. The monoisotopic (exact) mass is 172 g/mol. The Kier molecular flexibility index (Phi) is 3.13. The molecule has 0 aromatic rings. The van der Waals surface area contributed by atoms with Crippen molar-refractivity contribution in [3.05, 3.63) is 0 Å². The highest BCUT2D eigenvalue weighted by atomic mass is 16.5. The third-order valence-electron chi connectivity index (χ3n) is 3.22. The zero-order chi connectivity index (χ0) is 9.19. The summed E-state index contributed by atoms with van der Waals surface area (Å²) in [7, 11) is 0. The number of hydrogen-bond donors (Lipinski definition) is 1. The molecule has 1 rings (SSSR count). The predicted octanol–water partition coefficient (Wildman–Crippen LogP) is 1.82. The minimum Gasteiger partial charge on any atom is -0.390 e. The molecule has 1 atom stereocenters. The molecule has 1 aliphatic heterocycles. The lowest BCUT2D eigenvalue weighted by Gasteiger charge is -2.38. The van der Waals surface area contributed by atoms with Gasteiger partial charge in [0.25, 0.3) is 0 Å². The van der Waals surface area contributed by atoms with Crippen LogP contribution in [-0.4, -0.2) is 23.9 Å². The van der Waals surface area contributed by atoms with E-state index in [1.165, 1.54) is 0 Å². The van der Waals surface area contributed by atoms with E-state index in [1.54, 1.807) is 0 Å². The van der Waals surface area contributed by atoms with Crippen molar-refractivity contribution in [2.75, 3.05) is 13.2 Å². The fourth-order valence-corrected chi connectivity index (χ4v) is 1.75. The summed E-state index contributed by atoms with van der Waals surface area (Å²) in [4.78, 5) is 0. The first-order valence-corrected chi connectivity index (χ1v) is 4.85. The molecule has 1 saturated heterocycles. The molecular weight excluding hydrogens is 152 g/mol. The average Bonchev–Trinajstić information content (AvgIpc) is 2.06. The van der Waals surface area contributed by atoms with Crippen molar-refractivity contribution >= 4 is 0 Å². The van der Waals surface area contributed by atoms with E-state index in [0.717, 1.165) is 26.1 Å². The van der Waals surface area contributed by atoms with Gasteiger partial charge in [-0.3, -0.25) is 0 Å². The van der Waals surface area contributed by atoms with Crippen LogP contribution < -0.4 is 0 Å². The second-order valence-corrected chi connectivity index (χ2v) is 4.27. The maximum Gasteiger partial charge on any atom is 0.0672 e. The van der Waals surface area contributed by atoms with E-state index in [4.69, 9.17) is 4.74 Å². The van der Waals surface area contributed by atoms with Gasteiger partial charge in [-0.15, -0.1) is 0 Å². The van der Waals surface area contributed by atoms with Crippen molar-refractivity contribution in [2.45, 2.75) is 39.2 Å². The van der Waals surface area contributed by atoms with E-state index in [2.05, 4.69) is 13.8 Å². The van der Waals surface area contributed by atoms with Gasteiger partial charge in [0.1, 0.15) is 0 Å². The molecule has 0 aliphatic carbocycles. The average molecular weight is 172 g/mol. The summed E-state index contributed by atoms with van der Waals surface area (Å²) in [6, 6.07) is 0. The summed E-state index contributed by atoms with van der Waals surface area (Å²) in [6.45, 7) is 7.74. The van der Waals surface area contributed by atoms with Gasteiger partial charge in [-0.05, 0) is 31.6 Å². The van der Waals surface area contributed by atoms with Gasteiger partial charge in [0.15, 0.2) is 0 Å². The highest BCUT2D eigenvalue weighted by molar-refractivity contribution is 4.85. The highest BCUT2D eigenvalue weighted by Gasteiger charge is 2.35. The smallest absolute Gasteiger partial charge is 0.0672 e. The summed E-state index contributed by atoms with van der Waals surface area (Å²) >= 11 is 0. The molecule has 12 heavy (non-hydrogen) atoms. The number of rotatable bonds is 2. The van der Waals surface area contributed by atoms with Gasteiger partial charge in [0.05, 0.1) is 5.60 Å². The van der Waals surface area contributed by atoms with Gasteiger partial charge < -0.3 is 9.84 Å². The molecule has 0 aromatic carbocycles. The minimum atomic E-state index is -0.510. The van der Waals surface area contributed by atoms with Gasteiger partial charge in [-0.2, -0.15) is 0 Å². The molecule has 2 heteroatoms. The summed E-state index contributed by atoms with van der Waals surface area (Å²) in [5, 5.41) is 10.2. The molecular formula is C10H20O2. The second-order valence-electron chi connectivity index (χ2n) is 4.27. The topological polar surface area (TPSA) is 29.5 Å². The lowest BCUT2D eigenvalue weighted by molar-refractivity contribution is -0.0813. The molecule has 0 saturated carbocycles. The van der Waals surface area contributed by atoms with E-state index >= 15 is 0 Å². The first-order chi connectivity index (χ1) is 5.55. The van der Waals surface area contributed by atoms with Crippen LogP contribution in [0.1, 0.15) is 33.6 Å². The lowest BCUT2D eigenvalue weighted by atomic mass is 9.76. The number of aliphatic hydroxyl groups is 1. The molecule has 1 fully saturated rings. The summed E-state index contributed by atoms with van der Waals surface area (Å²) < 4.78 is 5.26. The standard InChI is InChI=1S/C10H20O2/c1-8(2)10(3,11)9-4-6-12-7-5-9/h8-9,11H,4-7H2,1-3H3. The minimum absolute atomic E-state index is 0.334. The van der Waals surface area contributed by atoms with Crippen molar-refractivity contribution in [3.63, 3.8) is 0 Å². The van der Waals surface area contributed by atoms with E-state index in [-0.39, 0.29) is 0 Å². The van der Waals surface area contributed by atoms with Crippen molar-refractivity contribution in [1.29, 1.82) is 0 Å². The molecule has 0 radical (unpaired) electrons. The third-order valence-corrected chi connectivity index (χ3v) is 3.22. The summed E-state index contributed by atoms with van der Waals surface area (Å²) in [6.07, 6.45) is 2.01. The van der Waals surface area contributed by atoms with Crippen LogP contribution in [0.15, 0.2) is 0 Å². The van der Waals surface area contributed by atoms with Crippen LogP contribution in [-0.2, 0) is 4.74 Å². The number of ether oxygens (including phenoxy) is 1. The van der Waals surface area contributed by atoms with Gasteiger partial charge in [-0.25, -0.2) is 0 Å². The second kappa shape index (κ2) is 3.75. The molecule has 0 bridgehead atoms. The summed E-state index contributed by atoms with van der Waals surface area (Å²) in [5.41, 5.74) is -0.510. The molecule has 0 spiro atoms. The zero-order valence-electron chi connectivity index (χ0n) is 8.34. The van der Waals surface area contributed by atoms with E-state index in [0.29, 0.717) is 11.8 Å². The van der Waals surface area contributed by atoms with Crippen LogP contribution >= 0.6 is 0 Å². The number of hydrogen-bond acceptors (Lipinski definition) is 2. The molecule has 1 unspecified atom stereocenters. The van der Waals surface area contributed by atoms with E-state index in [1.807, 2.05) is 6.92 Å². The Morgan fingerprint density at radius 1 is 1.33 bits per heavy atom. The Hall–Kier alpha value is -0.0800. The van der Waals surface area contributed by atoms with Crippen LogP contribution in [0, 0.1) is 11.8 Å².